The van der Waals surface area contributed by atoms with Gasteiger partial charge in [0, 0.05) is 24.1 Å². The van der Waals surface area contributed by atoms with E-state index >= 15 is 0 Å². The van der Waals surface area contributed by atoms with Crippen LogP contribution >= 0.6 is 0 Å². The number of halogens is 1. The van der Waals surface area contributed by atoms with Crippen LogP contribution in [0.15, 0.2) is 28.8 Å². The van der Waals surface area contributed by atoms with E-state index in [0.29, 0.717) is 23.8 Å². The molecule has 0 spiro atoms. The molecule has 1 aliphatic heterocycles. The van der Waals surface area contributed by atoms with E-state index in [1.807, 2.05) is 6.92 Å². The molecule has 1 saturated heterocycles. The molecule has 3 rings (SSSR count). The van der Waals surface area contributed by atoms with Gasteiger partial charge in [0.15, 0.2) is 5.82 Å². The highest BCUT2D eigenvalue weighted by atomic mass is 19.1. The molecule has 2 aromatic rings. The molecule has 1 aromatic heterocycles. The average Bonchev–Trinajstić information content (AvgIpc) is 2.98. The average molecular weight is 305 g/mol. The van der Waals surface area contributed by atoms with Gasteiger partial charge in [0.1, 0.15) is 5.82 Å². The molecular formula is C15H16FN3O3. The van der Waals surface area contributed by atoms with Crippen molar-refractivity contribution in [3.8, 4) is 11.5 Å². The summed E-state index contributed by atoms with van der Waals surface area (Å²) in [7, 11) is 0. The summed E-state index contributed by atoms with van der Waals surface area (Å²) in [4.78, 5) is 17.0. The third kappa shape index (κ3) is 2.79. The molecule has 0 unspecified atom stereocenters. The van der Waals surface area contributed by atoms with Gasteiger partial charge in [0.25, 0.3) is 5.89 Å². The minimum absolute atomic E-state index is 0.00257. The van der Waals surface area contributed by atoms with Crippen molar-refractivity contribution < 1.29 is 18.8 Å². The molecule has 1 aliphatic rings. The van der Waals surface area contributed by atoms with Gasteiger partial charge in [-0.1, -0.05) is 5.16 Å². The Hall–Kier alpha value is -2.44. The first-order chi connectivity index (χ1) is 10.5. The maximum absolute atomic E-state index is 12.9. The van der Waals surface area contributed by atoms with Gasteiger partial charge in [-0.15, -0.1) is 0 Å². The summed E-state index contributed by atoms with van der Waals surface area (Å²) in [5, 5.41) is 13.2. The molecule has 6 nitrogen and oxygen atoms in total. The van der Waals surface area contributed by atoms with Gasteiger partial charge in [0.2, 0.25) is 0 Å². The van der Waals surface area contributed by atoms with Crippen molar-refractivity contribution in [2.45, 2.75) is 31.7 Å². The second kappa shape index (κ2) is 5.75. The predicted molar refractivity (Wildman–Crippen MR) is 75.9 cm³/mol. The van der Waals surface area contributed by atoms with Crippen LogP contribution in [-0.2, 0) is 0 Å². The molecule has 0 aliphatic carbocycles. The standard InChI is InChI=1S/C15H16FN3O3/c1-9-2-3-11(8-19(9)15(20)21)13-17-14(22-18-13)10-4-6-12(16)7-5-10/h4-7,9,11H,2-3,8H2,1H3,(H,20,21)/t9-,11+/m0/s1. The topological polar surface area (TPSA) is 79.5 Å². The molecule has 116 valence electrons. The lowest BCUT2D eigenvalue weighted by molar-refractivity contribution is 0.104. The fourth-order valence-electron chi connectivity index (χ4n) is 2.69. The number of aromatic nitrogens is 2. The minimum atomic E-state index is -0.931. The monoisotopic (exact) mass is 305 g/mol. The quantitative estimate of drug-likeness (QED) is 0.922. The number of rotatable bonds is 2. The number of carboxylic acid groups (broad SMARTS) is 1. The molecule has 0 radical (unpaired) electrons. The van der Waals surface area contributed by atoms with Crippen LogP contribution in [0, 0.1) is 5.82 Å². The van der Waals surface area contributed by atoms with Gasteiger partial charge in [-0.2, -0.15) is 4.98 Å². The highest BCUT2D eigenvalue weighted by molar-refractivity contribution is 5.65. The van der Waals surface area contributed by atoms with E-state index in [0.717, 1.165) is 12.8 Å². The maximum Gasteiger partial charge on any atom is 0.407 e. The van der Waals surface area contributed by atoms with Gasteiger partial charge in [-0.3, -0.25) is 0 Å². The van der Waals surface area contributed by atoms with Crippen molar-refractivity contribution >= 4 is 6.09 Å². The highest BCUT2D eigenvalue weighted by Crippen LogP contribution is 2.29. The normalized spacial score (nSPS) is 21.8. The van der Waals surface area contributed by atoms with Crippen LogP contribution in [0.25, 0.3) is 11.5 Å². The minimum Gasteiger partial charge on any atom is -0.465 e. The van der Waals surface area contributed by atoms with Crippen LogP contribution in [-0.4, -0.2) is 38.8 Å². The molecular weight excluding hydrogens is 289 g/mol. The van der Waals surface area contributed by atoms with E-state index < -0.39 is 6.09 Å². The van der Waals surface area contributed by atoms with E-state index in [1.165, 1.54) is 17.0 Å². The zero-order valence-electron chi connectivity index (χ0n) is 12.1. The number of hydrogen-bond acceptors (Lipinski definition) is 4. The Balaban J connectivity index is 1.79. The van der Waals surface area contributed by atoms with E-state index in [1.54, 1.807) is 12.1 Å². The number of likely N-dealkylation sites (tertiary alicyclic amines) is 1. The first kappa shape index (κ1) is 14.5. The third-order valence-electron chi connectivity index (χ3n) is 4.03. The van der Waals surface area contributed by atoms with Gasteiger partial charge in [-0.05, 0) is 44.0 Å². The molecule has 0 saturated carbocycles. The molecule has 2 atom stereocenters. The summed E-state index contributed by atoms with van der Waals surface area (Å²) in [5.74, 6) is 0.403. The summed E-state index contributed by atoms with van der Waals surface area (Å²) in [6.07, 6.45) is 0.643. The molecule has 1 fully saturated rings. The second-order valence-corrected chi connectivity index (χ2v) is 5.52. The lowest BCUT2D eigenvalue weighted by Crippen LogP contribution is -2.44. The molecule has 1 amide bonds. The van der Waals surface area contributed by atoms with Crippen molar-refractivity contribution in [2.75, 3.05) is 6.54 Å². The van der Waals surface area contributed by atoms with Crippen molar-refractivity contribution in [1.82, 2.24) is 15.0 Å². The predicted octanol–water partition coefficient (Wildman–Crippen LogP) is 3.12. The van der Waals surface area contributed by atoms with Gasteiger partial charge >= 0.3 is 6.09 Å². The summed E-state index contributed by atoms with van der Waals surface area (Å²) in [6, 6.07) is 5.79. The Labute approximate surface area is 126 Å². The Kier molecular flexibility index (Phi) is 3.79. The first-order valence-electron chi connectivity index (χ1n) is 7.13. The van der Waals surface area contributed by atoms with E-state index in [-0.39, 0.29) is 17.8 Å². The summed E-state index contributed by atoms with van der Waals surface area (Å²) in [5.41, 5.74) is 0.638. The van der Waals surface area contributed by atoms with Crippen LogP contribution < -0.4 is 0 Å². The highest BCUT2D eigenvalue weighted by Gasteiger charge is 2.32. The van der Waals surface area contributed by atoms with Crippen LogP contribution in [0.5, 0.6) is 0 Å². The number of benzene rings is 1. The number of hydrogen-bond donors (Lipinski definition) is 1. The molecule has 1 aromatic carbocycles. The summed E-state index contributed by atoms with van der Waals surface area (Å²) >= 11 is 0. The summed E-state index contributed by atoms with van der Waals surface area (Å²) < 4.78 is 18.1. The molecule has 1 N–H and O–H groups in total. The second-order valence-electron chi connectivity index (χ2n) is 5.52. The SMILES string of the molecule is C[C@H]1CC[C@@H](c2noc(-c3ccc(F)cc3)n2)CN1C(=O)O. The van der Waals surface area contributed by atoms with Gasteiger partial charge in [0.05, 0.1) is 0 Å². The molecule has 2 heterocycles. The van der Waals surface area contributed by atoms with Crippen LogP contribution in [0.4, 0.5) is 9.18 Å². The van der Waals surface area contributed by atoms with Crippen LogP contribution in [0.3, 0.4) is 0 Å². The fraction of sp³-hybridized carbons (Fsp3) is 0.400. The van der Waals surface area contributed by atoms with E-state index in [9.17, 15) is 14.3 Å². The Bertz CT molecular complexity index is 671. The van der Waals surface area contributed by atoms with E-state index in [4.69, 9.17) is 4.52 Å². The molecule has 7 heteroatoms. The third-order valence-corrected chi connectivity index (χ3v) is 4.03. The van der Waals surface area contributed by atoms with Crippen molar-refractivity contribution in [1.29, 1.82) is 0 Å². The van der Waals surface area contributed by atoms with Gasteiger partial charge < -0.3 is 14.5 Å². The molecule has 22 heavy (non-hydrogen) atoms. The lowest BCUT2D eigenvalue weighted by Gasteiger charge is -2.34. The zero-order chi connectivity index (χ0) is 15.7. The number of carbonyl (C=O) groups is 1. The Morgan fingerprint density at radius 2 is 2.09 bits per heavy atom. The largest absolute Gasteiger partial charge is 0.465 e. The zero-order valence-corrected chi connectivity index (χ0v) is 12.1. The number of piperidine rings is 1. The van der Waals surface area contributed by atoms with Gasteiger partial charge in [-0.25, -0.2) is 9.18 Å². The fourth-order valence-corrected chi connectivity index (χ4v) is 2.69. The Morgan fingerprint density at radius 3 is 2.77 bits per heavy atom. The first-order valence-corrected chi connectivity index (χ1v) is 7.13. The molecule has 0 bridgehead atoms. The number of nitrogens with zero attached hydrogens (tertiary/aromatic N) is 3. The number of amides is 1. The van der Waals surface area contributed by atoms with Crippen molar-refractivity contribution in [2.24, 2.45) is 0 Å². The van der Waals surface area contributed by atoms with Crippen LogP contribution in [0.2, 0.25) is 0 Å². The lowest BCUT2D eigenvalue weighted by atomic mass is 9.93. The van der Waals surface area contributed by atoms with Crippen molar-refractivity contribution in [3.63, 3.8) is 0 Å². The van der Waals surface area contributed by atoms with E-state index in [2.05, 4.69) is 10.1 Å². The van der Waals surface area contributed by atoms with Crippen molar-refractivity contribution in [3.05, 3.63) is 35.9 Å². The van der Waals surface area contributed by atoms with Crippen LogP contribution in [0.1, 0.15) is 31.5 Å². The maximum atomic E-state index is 12.9. The Morgan fingerprint density at radius 1 is 1.36 bits per heavy atom. The smallest absolute Gasteiger partial charge is 0.407 e. The summed E-state index contributed by atoms with van der Waals surface area (Å²) in [6.45, 7) is 2.25.